The third-order valence-corrected chi connectivity index (χ3v) is 2.89. The fraction of sp³-hybridized carbons (Fsp3) is 0.0909. The SMILES string of the molecule is Cc1ccc(-n2ncc(C#N)c2N)c(Br)c1. The van der Waals surface area contributed by atoms with Crippen molar-refractivity contribution in [3.05, 3.63) is 40.0 Å². The maximum absolute atomic E-state index is 8.80. The Morgan fingerprint density at radius 3 is 2.81 bits per heavy atom. The van der Waals surface area contributed by atoms with Crippen LogP contribution in [0.2, 0.25) is 0 Å². The van der Waals surface area contributed by atoms with Crippen LogP contribution in [-0.4, -0.2) is 9.78 Å². The molecule has 16 heavy (non-hydrogen) atoms. The highest BCUT2D eigenvalue weighted by molar-refractivity contribution is 9.10. The zero-order valence-corrected chi connectivity index (χ0v) is 10.2. The Morgan fingerprint density at radius 1 is 1.50 bits per heavy atom. The molecule has 0 aliphatic heterocycles. The molecule has 0 saturated heterocycles. The Labute approximate surface area is 101 Å². The number of aryl methyl sites for hydroxylation is 1. The molecule has 0 amide bonds. The van der Waals surface area contributed by atoms with E-state index in [1.807, 2.05) is 31.2 Å². The van der Waals surface area contributed by atoms with E-state index < -0.39 is 0 Å². The molecular weight excluding hydrogens is 268 g/mol. The first-order chi connectivity index (χ1) is 7.63. The number of hydrogen-bond acceptors (Lipinski definition) is 3. The molecule has 2 rings (SSSR count). The van der Waals surface area contributed by atoms with Crippen LogP contribution in [0.1, 0.15) is 11.1 Å². The monoisotopic (exact) mass is 276 g/mol. The molecular formula is C11H9BrN4. The van der Waals surface area contributed by atoms with Crippen LogP contribution >= 0.6 is 15.9 Å². The summed E-state index contributed by atoms with van der Waals surface area (Å²) in [6.07, 6.45) is 1.46. The number of aromatic nitrogens is 2. The minimum atomic E-state index is 0.354. The number of nitrogens with two attached hydrogens (primary N) is 1. The lowest BCUT2D eigenvalue weighted by atomic mass is 10.2. The maximum Gasteiger partial charge on any atom is 0.145 e. The van der Waals surface area contributed by atoms with Crippen molar-refractivity contribution < 1.29 is 0 Å². The van der Waals surface area contributed by atoms with Gasteiger partial charge in [-0.15, -0.1) is 0 Å². The third-order valence-electron chi connectivity index (χ3n) is 2.26. The zero-order chi connectivity index (χ0) is 11.7. The second kappa shape index (κ2) is 3.99. The van der Waals surface area contributed by atoms with Gasteiger partial charge in [0.05, 0.1) is 11.9 Å². The van der Waals surface area contributed by atoms with Crippen molar-refractivity contribution in [3.63, 3.8) is 0 Å². The molecule has 0 aliphatic carbocycles. The van der Waals surface area contributed by atoms with Gasteiger partial charge in [-0.2, -0.15) is 10.4 Å². The van der Waals surface area contributed by atoms with E-state index >= 15 is 0 Å². The van der Waals surface area contributed by atoms with Crippen molar-refractivity contribution in [2.75, 3.05) is 5.73 Å². The number of anilines is 1. The van der Waals surface area contributed by atoms with Crippen LogP contribution in [0.5, 0.6) is 0 Å². The summed E-state index contributed by atoms with van der Waals surface area (Å²) in [6, 6.07) is 7.84. The van der Waals surface area contributed by atoms with Gasteiger partial charge in [-0.25, -0.2) is 4.68 Å². The summed E-state index contributed by atoms with van der Waals surface area (Å²) in [5.74, 6) is 0.354. The molecule has 2 N–H and O–H groups in total. The summed E-state index contributed by atoms with van der Waals surface area (Å²) >= 11 is 3.45. The molecule has 1 aromatic carbocycles. The van der Waals surface area contributed by atoms with Crippen LogP contribution in [0.15, 0.2) is 28.9 Å². The maximum atomic E-state index is 8.80. The molecule has 80 valence electrons. The third kappa shape index (κ3) is 1.68. The molecule has 5 heteroatoms. The van der Waals surface area contributed by atoms with Crippen LogP contribution in [0.4, 0.5) is 5.82 Å². The van der Waals surface area contributed by atoms with Gasteiger partial charge in [-0.05, 0) is 40.5 Å². The lowest BCUT2D eigenvalue weighted by Crippen LogP contribution is -2.03. The summed E-state index contributed by atoms with van der Waals surface area (Å²) in [6.45, 7) is 2.00. The summed E-state index contributed by atoms with van der Waals surface area (Å²) in [4.78, 5) is 0. The van der Waals surface area contributed by atoms with Gasteiger partial charge in [0, 0.05) is 4.47 Å². The highest BCUT2D eigenvalue weighted by atomic mass is 79.9. The Kier molecular flexibility index (Phi) is 2.67. The molecule has 0 atom stereocenters. The quantitative estimate of drug-likeness (QED) is 0.870. The molecule has 0 fully saturated rings. The van der Waals surface area contributed by atoms with Crippen molar-refractivity contribution in [3.8, 4) is 11.8 Å². The molecule has 1 aromatic heterocycles. The summed E-state index contributed by atoms with van der Waals surface area (Å²) in [7, 11) is 0. The predicted molar refractivity (Wildman–Crippen MR) is 65.1 cm³/mol. The van der Waals surface area contributed by atoms with Gasteiger partial charge in [-0.3, -0.25) is 0 Å². The van der Waals surface area contributed by atoms with Crippen LogP contribution in [-0.2, 0) is 0 Å². The first-order valence-corrected chi connectivity index (χ1v) is 5.43. The van der Waals surface area contributed by atoms with Gasteiger partial charge in [0.15, 0.2) is 0 Å². The number of nitrogen functional groups attached to an aromatic ring is 1. The van der Waals surface area contributed by atoms with E-state index in [4.69, 9.17) is 11.0 Å². The zero-order valence-electron chi connectivity index (χ0n) is 8.61. The lowest BCUT2D eigenvalue weighted by Gasteiger charge is -2.07. The number of halogens is 1. The molecule has 0 saturated carbocycles. The minimum Gasteiger partial charge on any atom is -0.382 e. The van der Waals surface area contributed by atoms with Crippen molar-refractivity contribution in [1.82, 2.24) is 9.78 Å². The van der Waals surface area contributed by atoms with Gasteiger partial charge in [-0.1, -0.05) is 6.07 Å². The average molecular weight is 277 g/mol. The van der Waals surface area contributed by atoms with Gasteiger partial charge in [0.2, 0.25) is 0 Å². The van der Waals surface area contributed by atoms with Crippen LogP contribution < -0.4 is 5.73 Å². The van der Waals surface area contributed by atoms with E-state index in [0.29, 0.717) is 11.4 Å². The highest BCUT2D eigenvalue weighted by Crippen LogP contribution is 2.25. The van der Waals surface area contributed by atoms with Crippen LogP contribution in [0.25, 0.3) is 5.69 Å². The number of nitriles is 1. The van der Waals surface area contributed by atoms with Gasteiger partial charge in [0.1, 0.15) is 17.5 Å². The highest BCUT2D eigenvalue weighted by Gasteiger charge is 2.10. The lowest BCUT2D eigenvalue weighted by molar-refractivity contribution is 0.886. The molecule has 0 spiro atoms. The Bertz CT molecular complexity index is 580. The number of hydrogen-bond donors (Lipinski definition) is 1. The fourth-order valence-corrected chi connectivity index (χ4v) is 2.08. The van der Waals surface area contributed by atoms with Crippen LogP contribution in [0.3, 0.4) is 0 Å². The molecule has 0 aliphatic rings. The van der Waals surface area contributed by atoms with Crippen molar-refractivity contribution in [1.29, 1.82) is 5.26 Å². The normalized spacial score (nSPS) is 10.1. The molecule has 0 bridgehead atoms. The molecule has 2 aromatic rings. The Hall–Kier alpha value is -1.80. The second-order valence-electron chi connectivity index (χ2n) is 3.42. The molecule has 0 unspecified atom stereocenters. The van der Waals surface area contributed by atoms with Crippen LogP contribution in [0, 0.1) is 18.3 Å². The Balaban J connectivity index is 2.60. The van der Waals surface area contributed by atoms with Gasteiger partial charge in [0.25, 0.3) is 0 Å². The first kappa shape index (κ1) is 10.7. The van der Waals surface area contributed by atoms with E-state index in [0.717, 1.165) is 15.7 Å². The van der Waals surface area contributed by atoms with E-state index in [1.54, 1.807) is 4.68 Å². The predicted octanol–water partition coefficient (Wildman–Crippen LogP) is 2.40. The van der Waals surface area contributed by atoms with E-state index in [-0.39, 0.29) is 0 Å². The smallest absolute Gasteiger partial charge is 0.145 e. The molecule has 0 radical (unpaired) electrons. The standard InChI is InChI=1S/C11H9BrN4/c1-7-2-3-10(9(12)4-7)16-11(14)8(5-13)6-15-16/h2-4,6H,14H2,1H3. The van der Waals surface area contributed by atoms with Crippen molar-refractivity contribution in [2.45, 2.75) is 6.92 Å². The topological polar surface area (TPSA) is 67.6 Å². The Morgan fingerprint density at radius 2 is 2.25 bits per heavy atom. The van der Waals surface area contributed by atoms with Crippen molar-refractivity contribution in [2.24, 2.45) is 0 Å². The van der Waals surface area contributed by atoms with E-state index in [1.165, 1.54) is 6.20 Å². The number of nitrogens with zero attached hydrogens (tertiary/aromatic N) is 3. The average Bonchev–Trinajstić information content (AvgIpc) is 2.60. The first-order valence-electron chi connectivity index (χ1n) is 4.63. The largest absolute Gasteiger partial charge is 0.382 e. The summed E-state index contributed by atoms with van der Waals surface area (Å²) in [5, 5.41) is 12.9. The molecule has 4 nitrogen and oxygen atoms in total. The molecule has 1 heterocycles. The van der Waals surface area contributed by atoms with E-state index in [9.17, 15) is 0 Å². The van der Waals surface area contributed by atoms with Gasteiger partial charge < -0.3 is 5.73 Å². The summed E-state index contributed by atoms with van der Waals surface area (Å²) in [5.41, 5.74) is 8.16. The summed E-state index contributed by atoms with van der Waals surface area (Å²) < 4.78 is 2.44. The fourth-order valence-electron chi connectivity index (χ4n) is 1.42. The van der Waals surface area contributed by atoms with E-state index in [2.05, 4.69) is 21.0 Å². The second-order valence-corrected chi connectivity index (χ2v) is 4.28. The van der Waals surface area contributed by atoms with Gasteiger partial charge >= 0.3 is 0 Å². The number of rotatable bonds is 1. The minimum absolute atomic E-state index is 0.354. The van der Waals surface area contributed by atoms with Crippen molar-refractivity contribution >= 4 is 21.7 Å². The number of benzene rings is 1.